The Morgan fingerprint density at radius 3 is 2.53 bits per heavy atom. The lowest BCUT2D eigenvalue weighted by Gasteiger charge is -2.47. The molecule has 1 aliphatic heterocycles. The maximum atomic E-state index is 12.9. The third-order valence-electron chi connectivity index (χ3n) is 5.36. The lowest BCUT2D eigenvalue weighted by Crippen LogP contribution is -2.61. The number of amides is 2. The number of rotatable bonds is 11. The van der Waals surface area contributed by atoms with Gasteiger partial charge in [-0.3, -0.25) is 9.59 Å². The fourth-order valence-corrected chi connectivity index (χ4v) is 3.66. The van der Waals surface area contributed by atoms with E-state index in [1.807, 2.05) is 54.3 Å². The van der Waals surface area contributed by atoms with E-state index in [1.54, 1.807) is 13.2 Å². The molecule has 7 heteroatoms. The van der Waals surface area contributed by atoms with Crippen molar-refractivity contribution in [2.24, 2.45) is 5.92 Å². The molecular formula is C25H32N2O5. The van der Waals surface area contributed by atoms with Gasteiger partial charge in [0.1, 0.15) is 11.8 Å². The first-order chi connectivity index (χ1) is 15.4. The summed E-state index contributed by atoms with van der Waals surface area (Å²) >= 11 is 0. The number of likely N-dealkylation sites (tertiary alicyclic amines) is 1. The average Bonchev–Trinajstić information content (AvgIpc) is 2.79. The van der Waals surface area contributed by atoms with Crippen LogP contribution in [0.2, 0.25) is 0 Å². The van der Waals surface area contributed by atoms with Gasteiger partial charge in [0.15, 0.2) is 18.1 Å². The van der Waals surface area contributed by atoms with Crippen LogP contribution in [-0.2, 0) is 9.59 Å². The smallest absolute Gasteiger partial charge is 0.266 e. The first-order valence-corrected chi connectivity index (χ1v) is 11.0. The summed E-state index contributed by atoms with van der Waals surface area (Å²) in [6.07, 6.45) is 0.307. The molecule has 3 rings (SSSR count). The Morgan fingerprint density at radius 1 is 1.12 bits per heavy atom. The van der Waals surface area contributed by atoms with Crippen LogP contribution in [0.25, 0.3) is 0 Å². The molecule has 2 atom stereocenters. The van der Waals surface area contributed by atoms with Gasteiger partial charge >= 0.3 is 0 Å². The number of likely N-dealkylation sites (N-methyl/N-ethyl adjacent to an activating group) is 1. The van der Waals surface area contributed by atoms with Crippen LogP contribution < -0.4 is 19.5 Å². The van der Waals surface area contributed by atoms with Crippen LogP contribution in [0, 0.1) is 5.92 Å². The molecule has 0 radical (unpaired) electrons. The van der Waals surface area contributed by atoms with Crippen molar-refractivity contribution in [3.63, 3.8) is 0 Å². The van der Waals surface area contributed by atoms with Gasteiger partial charge in [0.05, 0.1) is 7.11 Å². The van der Waals surface area contributed by atoms with E-state index in [4.69, 9.17) is 14.2 Å². The number of para-hydroxylation sites is 1. The van der Waals surface area contributed by atoms with E-state index in [0.717, 1.165) is 12.0 Å². The van der Waals surface area contributed by atoms with Gasteiger partial charge in [-0.1, -0.05) is 38.1 Å². The Labute approximate surface area is 189 Å². The molecule has 1 aliphatic rings. The zero-order chi connectivity index (χ0) is 23.1. The standard InChI is InChI=1S/C25H32N2O5/c1-5-26-22(28)16-31-20-12-11-18(15-21(20)30-4)23-24(32-19-9-7-6-8-10-19)25(29)27(23)14-13-17(2)3/h6-12,15,17,23-24H,5,13-14,16H2,1-4H3,(H,26,28)/t23-,24-/m1/s1. The normalized spacial score (nSPS) is 17.7. The molecule has 1 saturated heterocycles. The molecule has 32 heavy (non-hydrogen) atoms. The van der Waals surface area contributed by atoms with E-state index in [9.17, 15) is 9.59 Å². The van der Waals surface area contributed by atoms with Crippen LogP contribution >= 0.6 is 0 Å². The molecule has 2 aromatic rings. The number of ether oxygens (including phenoxy) is 3. The fraction of sp³-hybridized carbons (Fsp3) is 0.440. The number of hydrogen-bond acceptors (Lipinski definition) is 5. The second-order valence-corrected chi connectivity index (χ2v) is 8.16. The summed E-state index contributed by atoms with van der Waals surface area (Å²) in [6, 6.07) is 14.7. The van der Waals surface area contributed by atoms with E-state index in [1.165, 1.54) is 0 Å². The van der Waals surface area contributed by atoms with Crippen LogP contribution in [0.3, 0.4) is 0 Å². The molecule has 1 heterocycles. The van der Waals surface area contributed by atoms with Gasteiger partial charge in [-0.25, -0.2) is 0 Å². The second kappa shape index (κ2) is 10.9. The molecule has 2 amide bonds. The fourth-order valence-electron chi connectivity index (χ4n) is 3.66. The van der Waals surface area contributed by atoms with Gasteiger partial charge in [-0.2, -0.15) is 0 Å². The minimum absolute atomic E-state index is 0.0185. The number of hydrogen-bond donors (Lipinski definition) is 1. The molecule has 0 spiro atoms. The number of nitrogens with zero attached hydrogens (tertiary/aromatic N) is 1. The SMILES string of the molecule is CCNC(=O)COc1ccc([C@@H]2[C@@H](Oc3ccccc3)C(=O)N2CCC(C)C)cc1OC. The summed E-state index contributed by atoms with van der Waals surface area (Å²) in [6.45, 7) is 7.25. The highest BCUT2D eigenvalue weighted by Gasteiger charge is 2.50. The van der Waals surface area contributed by atoms with Gasteiger partial charge in [-0.05, 0) is 49.1 Å². The Balaban J connectivity index is 1.82. The lowest BCUT2D eigenvalue weighted by molar-refractivity contribution is -0.164. The molecule has 0 saturated carbocycles. The minimum Gasteiger partial charge on any atom is -0.493 e. The quantitative estimate of drug-likeness (QED) is 0.541. The summed E-state index contributed by atoms with van der Waals surface area (Å²) in [5.74, 6) is 1.91. The monoisotopic (exact) mass is 440 g/mol. The highest BCUT2D eigenvalue weighted by Crippen LogP contribution is 2.41. The lowest BCUT2D eigenvalue weighted by atomic mass is 9.89. The summed E-state index contributed by atoms with van der Waals surface area (Å²) in [4.78, 5) is 26.5. The van der Waals surface area contributed by atoms with Crippen LogP contribution in [-0.4, -0.2) is 49.6 Å². The van der Waals surface area contributed by atoms with Gasteiger partial charge in [0.2, 0.25) is 6.10 Å². The highest BCUT2D eigenvalue weighted by molar-refractivity contribution is 5.89. The number of carbonyl (C=O) groups is 2. The van der Waals surface area contributed by atoms with Crippen molar-refractivity contribution < 1.29 is 23.8 Å². The number of carbonyl (C=O) groups excluding carboxylic acids is 2. The van der Waals surface area contributed by atoms with Crippen LogP contribution in [0.4, 0.5) is 0 Å². The van der Waals surface area contributed by atoms with Crippen molar-refractivity contribution in [3.05, 3.63) is 54.1 Å². The summed E-state index contributed by atoms with van der Waals surface area (Å²) in [5, 5.41) is 2.70. The van der Waals surface area contributed by atoms with Crippen molar-refractivity contribution in [1.29, 1.82) is 0 Å². The summed E-state index contributed by atoms with van der Waals surface area (Å²) in [7, 11) is 1.55. The van der Waals surface area contributed by atoms with E-state index in [-0.39, 0.29) is 24.5 Å². The van der Waals surface area contributed by atoms with Crippen LogP contribution in [0.5, 0.6) is 17.2 Å². The third-order valence-corrected chi connectivity index (χ3v) is 5.36. The minimum atomic E-state index is -0.601. The van der Waals surface area contributed by atoms with Crippen molar-refractivity contribution in [2.75, 3.05) is 26.8 Å². The second-order valence-electron chi connectivity index (χ2n) is 8.16. The molecule has 0 aromatic heterocycles. The first-order valence-electron chi connectivity index (χ1n) is 11.0. The number of methoxy groups -OCH3 is 1. The number of benzene rings is 2. The Morgan fingerprint density at radius 2 is 1.88 bits per heavy atom. The molecule has 7 nitrogen and oxygen atoms in total. The van der Waals surface area contributed by atoms with E-state index < -0.39 is 6.10 Å². The van der Waals surface area contributed by atoms with E-state index in [2.05, 4.69) is 19.2 Å². The Hall–Kier alpha value is -3.22. The molecule has 0 bridgehead atoms. The molecule has 0 aliphatic carbocycles. The van der Waals surface area contributed by atoms with Gasteiger partial charge < -0.3 is 24.4 Å². The van der Waals surface area contributed by atoms with Gasteiger partial charge in [-0.15, -0.1) is 0 Å². The maximum Gasteiger partial charge on any atom is 0.266 e. The number of nitrogens with one attached hydrogen (secondary N) is 1. The van der Waals surface area contributed by atoms with Crippen LogP contribution in [0.1, 0.15) is 38.8 Å². The number of β-lactam (4-membered cyclic amide) rings is 1. The average molecular weight is 441 g/mol. The van der Waals surface area contributed by atoms with E-state index >= 15 is 0 Å². The molecule has 2 aromatic carbocycles. The molecule has 1 N–H and O–H groups in total. The van der Waals surface area contributed by atoms with Crippen molar-refractivity contribution in [2.45, 2.75) is 39.3 Å². The zero-order valence-corrected chi connectivity index (χ0v) is 19.2. The predicted octanol–water partition coefficient (Wildman–Crippen LogP) is 3.59. The summed E-state index contributed by atoms with van der Waals surface area (Å²) < 4.78 is 17.2. The van der Waals surface area contributed by atoms with Crippen molar-refractivity contribution in [3.8, 4) is 17.2 Å². The van der Waals surface area contributed by atoms with Gasteiger partial charge in [0.25, 0.3) is 11.8 Å². The zero-order valence-electron chi connectivity index (χ0n) is 19.2. The Bertz CT molecular complexity index is 916. The van der Waals surface area contributed by atoms with Crippen LogP contribution in [0.15, 0.2) is 48.5 Å². The third kappa shape index (κ3) is 5.52. The molecule has 172 valence electrons. The van der Waals surface area contributed by atoms with Gasteiger partial charge in [0, 0.05) is 13.1 Å². The topological polar surface area (TPSA) is 77.1 Å². The Kier molecular flexibility index (Phi) is 7.98. The molecule has 0 unspecified atom stereocenters. The largest absolute Gasteiger partial charge is 0.493 e. The molecule has 1 fully saturated rings. The first kappa shape index (κ1) is 23.4. The highest BCUT2D eigenvalue weighted by atomic mass is 16.5. The maximum absolute atomic E-state index is 12.9. The van der Waals surface area contributed by atoms with Crippen molar-refractivity contribution >= 4 is 11.8 Å². The van der Waals surface area contributed by atoms with Crippen molar-refractivity contribution in [1.82, 2.24) is 10.2 Å². The van der Waals surface area contributed by atoms with E-state index in [0.29, 0.717) is 36.3 Å². The summed E-state index contributed by atoms with van der Waals surface area (Å²) in [5.41, 5.74) is 0.900. The molecular weight excluding hydrogens is 408 g/mol. The predicted molar refractivity (Wildman–Crippen MR) is 122 cm³/mol.